The molecular formula is C10H20N2O. The predicted octanol–water partition coefficient (Wildman–Crippen LogP) is 0.901. The van der Waals surface area contributed by atoms with Gasteiger partial charge in [0.05, 0.1) is 6.04 Å². The number of carbonyl (C=O) groups is 1. The third-order valence-electron chi connectivity index (χ3n) is 2.31. The molecule has 1 aliphatic rings. The van der Waals surface area contributed by atoms with Crippen molar-refractivity contribution in [3.63, 3.8) is 0 Å². The highest BCUT2D eigenvalue weighted by atomic mass is 16.2. The van der Waals surface area contributed by atoms with E-state index < -0.39 is 0 Å². The first-order valence-corrected chi connectivity index (χ1v) is 5.21. The number of piperidine rings is 1. The Hall–Kier alpha value is -0.570. The van der Waals surface area contributed by atoms with Gasteiger partial charge in [-0.15, -0.1) is 0 Å². The minimum Gasteiger partial charge on any atom is -0.354 e. The van der Waals surface area contributed by atoms with Gasteiger partial charge in [-0.05, 0) is 25.3 Å². The van der Waals surface area contributed by atoms with E-state index in [2.05, 4.69) is 24.5 Å². The molecule has 1 atom stereocenters. The highest BCUT2D eigenvalue weighted by molar-refractivity contribution is 5.81. The summed E-state index contributed by atoms with van der Waals surface area (Å²) in [5.41, 5.74) is 0. The van der Waals surface area contributed by atoms with Crippen LogP contribution in [0.15, 0.2) is 0 Å². The van der Waals surface area contributed by atoms with Gasteiger partial charge in [-0.25, -0.2) is 0 Å². The van der Waals surface area contributed by atoms with Crippen LogP contribution in [0.25, 0.3) is 0 Å². The summed E-state index contributed by atoms with van der Waals surface area (Å²) in [5, 5.41) is 6.18. The van der Waals surface area contributed by atoms with Crippen molar-refractivity contribution in [3.05, 3.63) is 0 Å². The topological polar surface area (TPSA) is 41.1 Å². The van der Waals surface area contributed by atoms with E-state index in [1.807, 2.05) is 0 Å². The number of rotatable bonds is 3. The predicted molar refractivity (Wildman–Crippen MR) is 53.5 cm³/mol. The zero-order valence-electron chi connectivity index (χ0n) is 8.60. The molecule has 1 rings (SSSR count). The van der Waals surface area contributed by atoms with Gasteiger partial charge in [0.25, 0.3) is 0 Å². The maximum Gasteiger partial charge on any atom is 0.237 e. The number of carbonyl (C=O) groups excluding carboxylic acids is 1. The number of hydrogen-bond acceptors (Lipinski definition) is 2. The van der Waals surface area contributed by atoms with E-state index in [1.54, 1.807) is 0 Å². The molecule has 0 aromatic heterocycles. The molecule has 76 valence electrons. The second-order valence-electron chi connectivity index (χ2n) is 4.14. The Morgan fingerprint density at radius 3 is 2.85 bits per heavy atom. The van der Waals surface area contributed by atoms with Gasteiger partial charge in [-0.3, -0.25) is 4.79 Å². The number of amides is 1. The average Bonchev–Trinajstić information content (AvgIpc) is 2.15. The fourth-order valence-electron chi connectivity index (χ4n) is 1.50. The highest BCUT2D eigenvalue weighted by Gasteiger charge is 2.19. The van der Waals surface area contributed by atoms with Crippen molar-refractivity contribution in [2.45, 2.75) is 39.2 Å². The second kappa shape index (κ2) is 5.22. The lowest BCUT2D eigenvalue weighted by atomic mass is 10.0. The van der Waals surface area contributed by atoms with Crippen LogP contribution in [0.1, 0.15) is 33.1 Å². The van der Waals surface area contributed by atoms with Gasteiger partial charge in [-0.2, -0.15) is 0 Å². The molecule has 0 saturated carbocycles. The van der Waals surface area contributed by atoms with E-state index in [4.69, 9.17) is 0 Å². The lowest BCUT2D eigenvalue weighted by Crippen LogP contribution is -2.47. The molecule has 3 nitrogen and oxygen atoms in total. The monoisotopic (exact) mass is 184 g/mol. The summed E-state index contributed by atoms with van der Waals surface area (Å²) in [7, 11) is 0. The summed E-state index contributed by atoms with van der Waals surface area (Å²) in [6, 6.07) is 0.0625. The van der Waals surface area contributed by atoms with E-state index in [0.717, 1.165) is 19.5 Å². The minimum absolute atomic E-state index is 0.0625. The summed E-state index contributed by atoms with van der Waals surface area (Å²) in [5.74, 6) is 0.709. The summed E-state index contributed by atoms with van der Waals surface area (Å²) in [6.07, 6.45) is 3.37. The van der Waals surface area contributed by atoms with Crippen molar-refractivity contribution in [1.82, 2.24) is 10.6 Å². The molecule has 2 N–H and O–H groups in total. The second-order valence-corrected chi connectivity index (χ2v) is 4.14. The summed E-state index contributed by atoms with van der Waals surface area (Å²) >= 11 is 0. The van der Waals surface area contributed by atoms with Crippen molar-refractivity contribution < 1.29 is 4.79 Å². The zero-order valence-corrected chi connectivity index (χ0v) is 8.60. The fraction of sp³-hybridized carbons (Fsp3) is 0.900. The van der Waals surface area contributed by atoms with Gasteiger partial charge in [0, 0.05) is 6.54 Å². The van der Waals surface area contributed by atoms with Crippen LogP contribution in [0.5, 0.6) is 0 Å². The van der Waals surface area contributed by atoms with Crippen LogP contribution >= 0.6 is 0 Å². The molecule has 0 aliphatic carbocycles. The lowest BCUT2D eigenvalue weighted by Gasteiger charge is -2.22. The molecule has 1 saturated heterocycles. The Kier molecular flexibility index (Phi) is 4.22. The SMILES string of the molecule is CC(C)CNC(=O)[C@@H]1CCCCN1. The standard InChI is InChI=1S/C10H20N2O/c1-8(2)7-12-10(13)9-5-3-4-6-11-9/h8-9,11H,3-7H2,1-2H3,(H,12,13)/t9-/m0/s1. The van der Waals surface area contributed by atoms with E-state index in [1.165, 1.54) is 12.8 Å². The molecule has 13 heavy (non-hydrogen) atoms. The Balaban J connectivity index is 2.21. The Morgan fingerprint density at radius 1 is 1.54 bits per heavy atom. The van der Waals surface area contributed by atoms with Crippen LogP contribution in [0.4, 0.5) is 0 Å². The summed E-state index contributed by atoms with van der Waals surface area (Å²) in [6.45, 7) is 5.99. The van der Waals surface area contributed by atoms with E-state index in [0.29, 0.717) is 5.92 Å². The molecule has 0 radical (unpaired) electrons. The highest BCUT2D eigenvalue weighted by Crippen LogP contribution is 2.06. The van der Waals surface area contributed by atoms with E-state index >= 15 is 0 Å². The molecule has 3 heteroatoms. The van der Waals surface area contributed by atoms with Crippen molar-refractivity contribution >= 4 is 5.91 Å². The molecule has 1 amide bonds. The smallest absolute Gasteiger partial charge is 0.237 e. The third kappa shape index (κ3) is 3.77. The van der Waals surface area contributed by atoms with Gasteiger partial charge in [0.2, 0.25) is 5.91 Å². The van der Waals surface area contributed by atoms with Crippen molar-refractivity contribution in [3.8, 4) is 0 Å². The van der Waals surface area contributed by atoms with Gasteiger partial charge >= 0.3 is 0 Å². The molecule has 1 fully saturated rings. The van der Waals surface area contributed by atoms with Crippen molar-refractivity contribution in [2.24, 2.45) is 5.92 Å². The molecule has 1 aliphatic heterocycles. The van der Waals surface area contributed by atoms with Gasteiger partial charge in [-0.1, -0.05) is 20.3 Å². The van der Waals surface area contributed by atoms with Crippen LogP contribution in [0.2, 0.25) is 0 Å². The van der Waals surface area contributed by atoms with E-state index in [-0.39, 0.29) is 11.9 Å². The number of hydrogen-bond donors (Lipinski definition) is 2. The zero-order chi connectivity index (χ0) is 9.68. The molecule has 0 spiro atoms. The van der Waals surface area contributed by atoms with Crippen LogP contribution in [-0.4, -0.2) is 25.0 Å². The molecular weight excluding hydrogens is 164 g/mol. The first-order chi connectivity index (χ1) is 6.20. The Labute approximate surface area is 80.3 Å². The molecule has 0 bridgehead atoms. The van der Waals surface area contributed by atoms with Gasteiger partial charge < -0.3 is 10.6 Å². The van der Waals surface area contributed by atoms with Crippen molar-refractivity contribution in [2.75, 3.05) is 13.1 Å². The lowest BCUT2D eigenvalue weighted by molar-refractivity contribution is -0.123. The largest absolute Gasteiger partial charge is 0.354 e. The summed E-state index contributed by atoms with van der Waals surface area (Å²) < 4.78 is 0. The summed E-state index contributed by atoms with van der Waals surface area (Å²) in [4.78, 5) is 11.5. The fourth-order valence-corrected chi connectivity index (χ4v) is 1.50. The molecule has 0 aromatic rings. The quantitative estimate of drug-likeness (QED) is 0.684. The Morgan fingerprint density at radius 2 is 2.31 bits per heavy atom. The van der Waals surface area contributed by atoms with Crippen LogP contribution in [-0.2, 0) is 4.79 Å². The van der Waals surface area contributed by atoms with Crippen LogP contribution in [0, 0.1) is 5.92 Å². The maximum absolute atomic E-state index is 11.5. The van der Waals surface area contributed by atoms with Gasteiger partial charge in [0.1, 0.15) is 0 Å². The minimum atomic E-state index is 0.0625. The Bertz CT molecular complexity index is 162. The number of nitrogens with one attached hydrogen (secondary N) is 2. The van der Waals surface area contributed by atoms with Crippen molar-refractivity contribution in [1.29, 1.82) is 0 Å². The molecule has 1 heterocycles. The normalized spacial score (nSPS) is 23.2. The first kappa shape index (κ1) is 10.5. The van der Waals surface area contributed by atoms with E-state index in [9.17, 15) is 4.79 Å². The average molecular weight is 184 g/mol. The van der Waals surface area contributed by atoms with Crippen LogP contribution < -0.4 is 10.6 Å². The maximum atomic E-state index is 11.5. The van der Waals surface area contributed by atoms with Gasteiger partial charge in [0.15, 0.2) is 0 Å². The van der Waals surface area contributed by atoms with Crippen LogP contribution in [0.3, 0.4) is 0 Å². The molecule has 0 aromatic carbocycles. The first-order valence-electron chi connectivity index (χ1n) is 5.21. The third-order valence-corrected chi connectivity index (χ3v) is 2.31. The molecule has 0 unspecified atom stereocenters.